The minimum atomic E-state index is -1.33. The van der Waals surface area contributed by atoms with Crippen LogP contribution in [0.15, 0.2) is 48.0 Å². The third kappa shape index (κ3) is 4.31. The highest BCUT2D eigenvalue weighted by Crippen LogP contribution is 2.26. The molecule has 7 heteroatoms. The summed E-state index contributed by atoms with van der Waals surface area (Å²) in [5, 5.41) is 0. The van der Waals surface area contributed by atoms with Crippen molar-refractivity contribution in [2.75, 3.05) is 0 Å². The summed E-state index contributed by atoms with van der Waals surface area (Å²) in [7, 11) is 0. The van der Waals surface area contributed by atoms with E-state index in [1.807, 2.05) is 0 Å². The second kappa shape index (κ2) is 7.19. The van der Waals surface area contributed by atoms with Crippen molar-refractivity contribution in [3.8, 4) is 5.75 Å². The Hall–Kier alpha value is -3.22. The summed E-state index contributed by atoms with van der Waals surface area (Å²) in [5.41, 5.74) is 0.831. The Morgan fingerprint density at radius 3 is 2.37 bits per heavy atom. The van der Waals surface area contributed by atoms with E-state index < -0.39 is 29.4 Å². The van der Waals surface area contributed by atoms with Gasteiger partial charge in [0.25, 0.3) is 5.79 Å². The van der Waals surface area contributed by atoms with Crippen molar-refractivity contribution in [2.24, 2.45) is 0 Å². The number of rotatable bonds is 4. The second-order valence-corrected chi connectivity index (χ2v) is 6.30. The molecule has 0 amide bonds. The lowest BCUT2D eigenvalue weighted by molar-refractivity contribution is -0.222. The lowest BCUT2D eigenvalue weighted by Crippen LogP contribution is -2.41. The van der Waals surface area contributed by atoms with E-state index >= 15 is 0 Å². The van der Waals surface area contributed by atoms with E-state index in [2.05, 4.69) is 0 Å². The fraction of sp³-hybridized carbons (Fsp3) is 0.200. The molecule has 0 unspecified atom stereocenters. The SMILES string of the molecule is CC1(C)OC(=O)C(=Cc2ccccc2COc2ccc(F)cc2F)C(=O)O1. The summed E-state index contributed by atoms with van der Waals surface area (Å²) < 4.78 is 42.2. The monoisotopic (exact) mass is 374 g/mol. The van der Waals surface area contributed by atoms with Crippen LogP contribution in [0.2, 0.25) is 0 Å². The van der Waals surface area contributed by atoms with Gasteiger partial charge in [0.15, 0.2) is 11.6 Å². The molecular weight excluding hydrogens is 358 g/mol. The summed E-state index contributed by atoms with van der Waals surface area (Å²) in [5.74, 6) is -4.56. The van der Waals surface area contributed by atoms with Gasteiger partial charge in [-0.3, -0.25) is 0 Å². The highest BCUT2D eigenvalue weighted by molar-refractivity contribution is 6.18. The molecule has 1 saturated heterocycles. The number of cyclic esters (lactones) is 2. The van der Waals surface area contributed by atoms with E-state index in [1.165, 1.54) is 26.0 Å². The van der Waals surface area contributed by atoms with Crippen LogP contribution in [0.25, 0.3) is 6.08 Å². The van der Waals surface area contributed by atoms with Crippen LogP contribution in [-0.2, 0) is 25.7 Å². The first-order chi connectivity index (χ1) is 12.7. The van der Waals surface area contributed by atoms with E-state index in [4.69, 9.17) is 14.2 Å². The zero-order chi connectivity index (χ0) is 19.6. The predicted molar refractivity (Wildman–Crippen MR) is 91.4 cm³/mol. The topological polar surface area (TPSA) is 61.8 Å². The van der Waals surface area contributed by atoms with Crippen LogP contribution in [0.1, 0.15) is 25.0 Å². The summed E-state index contributed by atoms with van der Waals surface area (Å²) in [6.07, 6.45) is 1.33. The summed E-state index contributed by atoms with van der Waals surface area (Å²) in [6.45, 7) is 2.86. The zero-order valence-corrected chi connectivity index (χ0v) is 14.6. The van der Waals surface area contributed by atoms with Crippen molar-refractivity contribution in [3.63, 3.8) is 0 Å². The van der Waals surface area contributed by atoms with Crippen LogP contribution in [0.3, 0.4) is 0 Å². The van der Waals surface area contributed by atoms with Gasteiger partial charge >= 0.3 is 11.9 Å². The molecule has 1 fully saturated rings. The van der Waals surface area contributed by atoms with Crippen molar-refractivity contribution in [1.29, 1.82) is 0 Å². The maximum atomic E-state index is 13.7. The van der Waals surface area contributed by atoms with Crippen LogP contribution in [-0.4, -0.2) is 17.7 Å². The van der Waals surface area contributed by atoms with E-state index in [9.17, 15) is 18.4 Å². The first kappa shape index (κ1) is 18.6. The highest BCUT2D eigenvalue weighted by Gasteiger charge is 2.38. The Bertz CT molecular complexity index is 912. The Labute approximate surface area is 154 Å². The molecule has 2 aromatic carbocycles. The molecule has 0 aliphatic carbocycles. The van der Waals surface area contributed by atoms with Crippen molar-refractivity contribution < 1.29 is 32.6 Å². The molecule has 0 bridgehead atoms. The number of carbonyl (C=O) groups is 2. The van der Waals surface area contributed by atoms with Crippen molar-refractivity contribution >= 4 is 18.0 Å². The normalized spacial score (nSPS) is 15.8. The van der Waals surface area contributed by atoms with Gasteiger partial charge in [0.1, 0.15) is 18.0 Å². The van der Waals surface area contributed by atoms with Crippen molar-refractivity contribution in [1.82, 2.24) is 0 Å². The Kier molecular flexibility index (Phi) is 4.94. The van der Waals surface area contributed by atoms with E-state index in [0.29, 0.717) is 11.1 Å². The Morgan fingerprint density at radius 2 is 1.70 bits per heavy atom. The molecule has 140 valence electrons. The third-order valence-corrected chi connectivity index (χ3v) is 3.75. The molecule has 0 saturated carbocycles. The number of benzene rings is 2. The molecule has 0 radical (unpaired) electrons. The molecule has 1 aliphatic heterocycles. The van der Waals surface area contributed by atoms with E-state index in [0.717, 1.165) is 12.1 Å². The van der Waals surface area contributed by atoms with Gasteiger partial charge < -0.3 is 14.2 Å². The first-order valence-electron chi connectivity index (χ1n) is 8.09. The molecular formula is C20H16F2O5. The number of hydrogen-bond donors (Lipinski definition) is 0. The van der Waals surface area contributed by atoms with E-state index in [-0.39, 0.29) is 17.9 Å². The molecule has 1 aliphatic rings. The number of ether oxygens (including phenoxy) is 3. The third-order valence-electron chi connectivity index (χ3n) is 3.75. The molecule has 5 nitrogen and oxygen atoms in total. The minimum absolute atomic E-state index is 0.0574. The molecule has 27 heavy (non-hydrogen) atoms. The average molecular weight is 374 g/mol. The van der Waals surface area contributed by atoms with Crippen molar-refractivity contribution in [2.45, 2.75) is 26.2 Å². The number of halogens is 2. The lowest BCUT2D eigenvalue weighted by atomic mass is 10.0. The predicted octanol–water partition coefficient (Wildman–Crippen LogP) is 3.76. The minimum Gasteiger partial charge on any atom is -0.486 e. The largest absolute Gasteiger partial charge is 0.486 e. The van der Waals surface area contributed by atoms with Gasteiger partial charge in [-0.25, -0.2) is 18.4 Å². The van der Waals surface area contributed by atoms with Gasteiger partial charge in [-0.1, -0.05) is 24.3 Å². The number of carbonyl (C=O) groups excluding carboxylic acids is 2. The highest BCUT2D eigenvalue weighted by atomic mass is 19.1. The molecule has 0 aromatic heterocycles. The van der Waals surface area contributed by atoms with E-state index in [1.54, 1.807) is 24.3 Å². The molecule has 0 N–H and O–H groups in total. The van der Waals surface area contributed by atoms with Gasteiger partial charge in [0.2, 0.25) is 0 Å². The Morgan fingerprint density at radius 1 is 1.04 bits per heavy atom. The van der Waals surface area contributed by atoms with Crippen LogP contribution in [0, 0.1) is 11.6 Å². The number of hydrogen-bond acceptors (Lipinski definition) is 5. The summed E-state index contributed by atoms with van der Waals surface area (Å²) in [6, 6.07) is 9.77. The van der Waals surface area contributed by atoms with Gasteiger partial charge in [-0.2, -0.15) is 0 Å². The molecule has 0 spiro atoms. The van der Waals surface area contributed by atoms with Gasteiger partial charge in [-0.05, 0) is 29.3 Å². The van der Waals surface area contributed by atoms with Crippen LogP contribution in [0.4, 0.5) is 8.78 Å². The summed E-state index contributed by atoms with van der Waals surface area (Å²) in [4.78, 5) is 24.2. The first-order valence-corrected chi connectivity index (χ1v) is 8.09. The summed E-state index contributed by atoms with van der Waals surface area (Å²) >= 11 is 0. The second-order valence-electron chi connectivity index (χ2n) is 6.30. The maximum Gasteiger partial charge on any atom is 0.348 e. The lowest BCUT2D eigenvalue weighted by Gasteiger charge is -2.29. The Balaban J connectivity index is 1.84. The van der Waals surface area contributed by atoms with Crippen LogP contribution >= 0.6 is 0 Å². The fourth-order valence-electron chi connectivity index (χ4n) is 2.49. The fourth-order valence-corrected chi connectivity index (χ4v) is 2.49. The molecule has 2 aromatic rings. The average Bonchev–Trinajstić information content (AvgIpc) is 2.57. The maximum absolute atomic E-state index is 13.7. The van der Waals surface area contributed by atoms with Gasteiger partial charge in [0, 0.05) is 19.9 Å². The smallest absolute Gasteiger partial charge is 0.348 e. The van der Waals surface area contributed by atoms with Gasteiger partial charge in [0.05, 0.1) is 0 Å². The van der Waals surface area contributed by atoms with Crippen LogP contribution < -0.4 is 4.74 Å². The molecule has 1 heterocycles. The molecule has 3 rings (SSSR count). The standard InChI is InChI=1S/C20H16F2O5/c1-20(2)26-18(23)15(19(24)27-20)9-12-5-3-4-6-13(12)11-25-17-8-7-14(21)10-16(17)22/h3-10H,11H2,1-2H3. The molecule has 0 atom stereocenters. The van der Waals surface area contributed by atoms with Crippen LogP contribution in [0.5, 0.6) is 5.75 Å². The van der Waals surface area contributed by atoms with Gasteiger partial charge in [-0.15, -0.1) is 0 Å². The number of esters is 2. The quantitative estimate of drug-likeness (QED) is 0.463. The zero-order valence-electron chi connectivity index (χ0n) is 14.6. The van der Waals surface area contributed by atoms with Crippen molar-refractivity contribution in [3.05, 3.63) is 70.8 Å².